The summed E-state index contributed by atoms with van der Waals surface area (Å²) < 4.78 is 40.3. The average molecular weight is 457 g/mol. The predicted molar refractivity (Wildman–Crippen MR) is 112 cm³/mol. The van der Waals surface area contributed by atoms with Gasteiger partial charge in [0.1, 0.15) is 11.9 Å². The highest BCUT2D eigenvalue weighted by atomic mass is 19.4. The number of alkyl halides is 3. The van der Waals surface area contributed by atoms with Crippen molar-refractivity contribution in [2.75, 3.05) is 5.32 Å². The van der Waals surface area contributed by atoms with Gasteiger partial charge in [0.15, 0.2) is 5.69 Å². The Balaban J connectivity index is 1.69. The molecule has 0 fully saturated rings. The molecule has 4 N–H and O–H groups in total. The third-order valence-corrected chi connectivity index (χ3v) is 5.37. The smallest absolute Gasteiger partial charge is 0.364 e. The van der Waals surface area contributed by atoms with Gasteiger partial charge in [-0.1, -0.05) is 31.2 Å². The molecular weight excluding hydrogens is 439 g/mol. The van der Waals surface area contributed by atoms with Gasteiger partial charge < -0.3 is 16.4 Å². The molecule has 11 heteroatoms. The number of para-hydroxylation sites is 1. The molecule has 0 aliphatic carbocycles. The number of carbonyl (C=O) groups is 3. The largest absolute Gasteiger partial charge is 0.416 e. The number of rotatable bonds is 4. The van der Waals surface area contributed by atoms with Crippen LogP contribution in [0, 0.1) is 0 Å². The minimum atomic E-state index is -4.62. The minimum absolute atomic E-state index is 0.0836. The molecule has 1 aromatic heterocycles. The van der Waals surface area contributed by atoms with Crippen LogP contribution in [0.2, 0.25) is 0 Å². The molecule has 1 aliphatic heterocycles. The number of anilines is 1. The van der Waals surface area contributed by atoms with Crippen molar-refractivity contribution < 1.29 is 27.6 Å². The van der Waals surface area contributed by atoms with Crippen molar-refractivity contribution in [1.82, 2.24) is 15.1 Å². The van der Waals surface area contributed by atoms with E-state index in [1.54, 1.807) is 37.3 Å². The fourth-order valence-corrected chi connectivity index (χ4v) is 3.76. The van der Waals surface area contributed by atoms with E-state index in [0.29, 0.717) is 17.3 Å². The Labute approximate surface area is 185 Å². The summed E-state index contributed by atoms with van der Waals surface area (Å²) in [5.74, 6) is -2.82. The van der Waals surface area contributed by atoms with E-state index >= 15 is 0 Å². The quantitative estimate of drug-likeness (QED) is 0.558. The Kier molecular flexibility index (Phi) is 5.40. The van der Waals surface area contributed by atoms with E-state index in [4.69, 9.17) is 5.73 Å². The molecule has 4 rings (SSSR count). The summed E-state index contributed by atoms with van der Waals surface area (Å²) in [6, 6.07) is 11.4. The van der Waals surface area contributed by atoms with Gasteiger partial charge in [0.2, 0.25) is 5.91 Å². The molecular formula is C22H18F3N5O3. The second kappa shape index (κ2) is 8.08. The maximum absolute atomic E-state index is 13.0. The molecule has 2 heterocycles. The zero-order chi connectivity index (χ0) is 23.9. The lowest BCUT2D eigenvalue weighted by molar-refractivity contribution is -0.137. The Morgan fingerprint density at radius 3 is 2.45 bits per heavy atom. The lowest BCUT2D eigenvalue weighted by Gasteiger charge is -2.30. The topological polar surface area (TPSA) is 119 Å². The van der Waals surface area contributed by atoms with Crippen LogP contribution in [0.4, 0.5) is 19.0 Å². The SMILES string of the molecule is CC1c2c(C(N)=O)nn(-c3ccccc3)c2NC(=O)C1NC(=O)c1cccc(C(F)(F)F)c1. The number of benzene rings is 2. The van der Waals surface area contributed by atoms with Crippen molar-refractivity contribution in [1.29, 1.82) is 0 Å². The number of nitrogens with zero attached hydrogens (tertiary/aromatic N) is 2. The fourth-order valence-electron chi connectivity index (χ4n) is 3.76. The highest BCUT2D eigenvalue weighted by Gasteiger charge is 2.40. The molecule has 2 atom stereocenters. The molecule has 0 spiro atoms. The van der Waals surface area contributed by atoms with Crippen molar-refractivity contribution in [3.8, 4) is 5.69 Å². The van der Waals surface area contributed by atoms with Crippen LogP contribution in [-0.4, -0.2) is 33.5 Å². The number of carbonyl (C=O) groups excluding carboxylic acids is 3. The molecule has 2 aromatic carbocycles. The van der Waals surface area contributed by atoms with Gasteiger partial charge in [-0.3, -0.25) is 14.4 Å². The van der Waals surface area contributed by atoms with Crippen LogP contribution in [0.3, 0.4) is 0 Å². The monoisotopic (exact) mass is 457 g/mol. The molecule has 0 saturated heterocycles. The number of nitrogens with two attached hydrogens (primary N) is 1. The number of primary amides is 1. The molecule has 170 valence electrons. The summed E-state index contributed by atoms with van der Waals surface area (Å²) >= 11 is 0. The first-order valence-corrected chi connectivity index (χ1v) is 9.85. The van der Waals surface area contributed by atoms with Gasteiger partial charge >= 0.3 is 6.18 Å². The zero-order valence-electron chi connectivity index (χ0n) is 17.2. The molecule has 1 aliphatic rings. The molecule has 0 radical (unpaired) electrons. The molecule has 33 heavy (non-hydrogen) atoms. The maximum Gasteiger partial charge on any atom is 0.416 e. The second-order valence-corrected chi connectivity index (χ2v) is 7.53. The zero-order valence-corrected chi connectivity index (χ0v) is 17.2. The Morgan fingerprint density at radius 2 is 1.82 bits per heavy atom. The molecule has 0 saturated carbocycles. The number of halogens is 3. The van der Waals surface area contributed by atoms with Crippen LogP contribution < -0.4 is 16.4 Å². The average Bonchev–Trinajstić information content (AvgIpc) is 3.16. The second-order valence-electron chi connectivity index (χ2n) is 7.53. The van der Waals surface area contributed by atoms with Gasteiger partial charge in [-0.15, -0.1) is 0 Å². The van der Waals surface area contributed by atoms with E-state index in [9.17, 15) is 27.6 Å². The minimum Gasteiger partial charge on any atom is -0.364 e. The van der Waals surface area contributed by atoms with Crippen molar-refractivity contribution in [2.45, 2.75) is 25.1 Å². The number of aromatic nitrogens is 2. The molecule has 2 unspecified atom stereocenters. The fraction of sp³-hybridized carbons (Fsp3) is 0.182. The summed E-state index contributed by atoms with van der Waals surface area (Å²) in [5.41, 5.74) is 5.06. The molecule has 8 nitrogen and oxygen atoms in total. The number of hydrogen-bond acceptors (Lipinski definition) is 4. The van der Waals surface area contributed by atoms with Gasteiger partial charge in [-0.2, -0.15) is 18.3 Å². The predicted octanol–water partition coefficient (Wildman–Crippen LogP) is 2.84. The van der Waals surface area contributed by atoms with E-state index in [1.165, 1.54) is 10.7 Å². The molecule has 3 aromatic rings. The van der Waals surface area contributed by atoms with Crippen LogP contribution in [-0.2, 0) is 11.0 Å². The summed E-state index contributed by atoms with van der Waals surface area (Å²) in [5, 5.41) is 9.34. The molecule has 0 bridgehead atoms. The van der Waals surface area contributed by atoms with Gasteiger partial charge in [0.25, 0.3) is 11.8 Å². The lowest BCUT2D eigenvalue weighted by Crippen LogP contribution is -2.50. The number of nitrogens with one attached hydrogen (secondary N) is 2. The lowest BCUT2D eigenvalue weighted by atomic mass is 9.88. The Hall–Kier alpha value is -4.15. The van der Waals surface area contributed by atoms with Crippen molar-refractivity contribution in [2.24, 2.45) is 5.73 Å². The summed E-state index contributed by atoms with van der Waals surface area (Å²) in [4.78, 5) is 37.6. The van der Waals surface area contributed by atoms with Gasteiger partial charge in [0, 0.05) is 17.0 Å². The first-order valence-electron chi connectivity index (χ1n) is 9.85. The van der Waals surface area contributed by atoms with Crippen molar-refractivity contribution in [3.05, 3.63) is 77.0 Å². The van der Waals surface area contributed by atoms with Gasteiger partial charge in [-0.25, -0.2) is 4.68 Å². The van der Waals surface area contributed by atoms with E-state index in [2.05, 4.69) is 15.7 Å². The van der Waals surface area contributed by atoms with Crippen molar-refractivity contribution in [3.63, 3.8) is 0 Å². The van der Waals surface area contributed by atoms with Gasteiger partial charge in [0.05, 0.1) is 11.3 Å². The van der Waals surface area contributed by atoms with Crippen LogP contribution in [0.5, 0.6) is 0 Å². The first kappa shape index (κ1) is 22.1. The van der Waals surface area contributed by atoms with Crippen LogP contribution >= 0.6 is 0 Å². The number of amides is 3. The first-order chi connectivity index (χ1) is 15.6. The highest BCUT2D eigenvalue weighted by molar-refractivity contribution is 6.05. The summed E-state index contributed by atoms with van der Waals surface area (Å²) in [7, 11) is 0. The number of fused-ring (bicyclic) bond motifs is 1. The van der Waals surface area contributed by atoms with E-state index in [-0.39, 0.29) is 17.1 Å². The van der Waals surface area contributed by atoms with Crippen LogP contribution in [0.1, 0.15) is 44.8 Å². The van der Waals surface area contributed by atoms with Crippen LogP contribution in [0.15, 0.2) is 54.6 Å². The Bertz CT molecular complexity index is 1250. The molecule has 3 amide bonds. The van der Waals surface area contributed by atoms with Crippen LogP contribution in [0.25, 0.3) is 5.69 Å². The maximum atomic E-state index is 13.0. The van der Waals surface area contributed by atoms with E-state index in [1.807, 2.05) is 0 Å². The normalized spacial score (nSPS) is 17.8. The summed E-state index contributed by atoms with van der Waals surface area (Å²) in [6.07, 6.45) is -4.62. The number of hydrogen-bond donors (Lipinski definition) is 3. The standard InChI is InChI=1S/C22H18F3N5O3/c1-11-15-17(18(26)31)29-30(14-8-3-2-4-9-14)19(15)28-21(33)16(11)27-20(32)12-6-5-7-13(10-12)22(23,24)25/h2-11,16H,1H3,(H2,26,31)(H,27,32)(H,28,33). The van der Waals surface area contributed by atoms with E-state index < -0.39 is 41.4 Å². The highest BCUT2D eigenvalue weighted by Crippen LogP contribution is 2.36. The summed E-state index contributed by atoms with van der Waals surface area (Å²) in [6.45, 7) is 1.60. The van der Waals surface area contributed by atoms with Gasteiger partial charge in [-0.05, 0) is 30.3 Å². The Morgan fingerprint density at radius 1 is 1.12 bits per heavy atom. The van der Waals surface area contributed by atoms with Crippen molar-refractivity contribution >= 4 is 23.5 Å². The third-order valence-electron chi connectivity index (χ3n) is 5.37. The third kappa shape index (κ3) is 4.04. The van der Waals surface area contributed by atoms with E-state index in [0.717, 1.165) is 12.1 Å².